The van der Waals surface area contributed by atoms with Crippen molar-refractivity contribution in [2.75, 3.05) is 5.73 Å². The number of hydrogen-bond acceptors (Lipinski definition) is 2. The van der Waals surface area contributed by atoms with Crippen LogP contribution in [0.2, 0.25) is 0 Å². The summed E-state index contributed by atoms with van der Waals surface area (Å²) in [5.74, 6) is -0.456. The summed E-state index contributed by atoms with van der Waals surface area (Å²) in [5, 5.41) is 3.97. The number of fused-ring (bicyclic) bond motifs is 2. The van der Waals surface area contributed by atoms with E-state index in [1.807, 2.05) is 42.5 Å². The molecule has 0 radical (unpaired) electrons. The van der Waals surface area contributed by atoms with Crippen LogP contribution in [0.4, 0.5) is 5.69 Å². The van der Waals surface area contributed by atoms with Crippen LogP contribution in [-0.4, -0.2) is 5.91 Å². The summed E-state index contributed by atoms with van der Waals surface area (Å²) in [4.78, 5) is 11.5. The first-order valence-electron chi connectivity index (χ1n) is 5.67. The van der Waals surface area contributed by atoms with Gasteiger partial charge in [0.25, 0.3) is 0 Å². The molecule has 3 aromatic carbocycles. The quantitative estimate of drug-likeness (QED) is 0.503. The van der Waals surface area contributed by atoms with Crippen LogP contribution in [0, 0.1) is 0 Å². The molecule has 3 rings (SSSR count). The molecule has 3 nitrogen and oxygen atoms in total. The number of anilines is 1. The predicted octanol–water partition coefficient (Wildman–Crippen LogP) is 2.67. The Labute approximate surface area is 104 Å². The second-order valence-electron chi connectivity index (χ2n) is 4.35. The molecular weight excluding hydrogens is 224 g/mol. The van der Waals surface area contributed by atoms with Gasteiger partial charge < -0.3 is 11.5 Å². The van der Waals surface area contributed by atoms with E-state index in [-0.39, 0.29) is 0 Å². The average Bonchev–Trinajstić information content (AvgIpc) is 2.35. The summed E-state index contributed by atoms with van der Waals surface area (Å²) >= 11 is 0. The predicted molar refractivity (Wildman–Crippen MR) is 74.4 cm³/mol. The first-order chi connectivity index (χ1) is 8.65. The Morgan fingerprint density at radius 1 is 0.889 bits per heavy atom. The van der Waals surface area contributed by atoms with E-state index < -0.39 is 5.91 Å². The van der Waals surface area contributed by atoms with Crippen molar-refractivity contribution in [1.29, 1.82) is 0 Å². The molecule has 3 aromatic rings. The second kappa shape index (κ2) is 3.74. The normalized spacial score (nSPS) is 10.9. The summed E-state index contributed by atoms with van der Waals surface area (Å²) in [6.07, 6.45) is 0. The number of amides is 1. The van der Waals surface area contributed by atoms with E-state index in [9.17, 15) is 4.79 Å². The van der Waals surface area contributed by atoms with Crippen molar-refractivity contribution < 1.29 is 4.79 Å². The van der Waals surface area contributed by atoms with Crippen molar-refractivity contribution in [2.45, 2.75) is 0 Å². The fraction of sp³-hybridized carbons (Fsp3) is 0. The summed E-state index contributed by atoms with van der Waals surface area (Å²) in [6.45, 7) is 0. The summed E-state index contributed by atoms with van der Waals surface area (Å²) in [6, 6.07) is 15.5. The molecule has 0 aliphatic heterocycles. The fourth-order valence-electron chi connectivity index (χ4n) is 2.28. The minimum atomic E-state index is -0.456. The first-order valence-corrected chi connectivity index (χ1v) is 5.67. The van der Waals surface area contributed by atoms with Crippen LogP contribution in [0.5, 0.6) is 0 Å². The molecule has 0 saturated heterocycles. The van der Waals surface area contributed by atoms with Gasteiger partial charge in [0.05, 0.1) is 0 Å². The van der Waals surface area contributed by atoms with Gasteiger partial charge in [-0.2, -0.15) is 0 Å². The number of nitrogen functional groups attached to an aromatic ring is 1. The van der Waals surface area contributed by atoms with Gasteiger partial charge in [-0.3, -0.25) is 4.79 Å². The van der Waals surface area contributed by atoms with Gasteiger partial charge in [-0.15, -0.1) is 0 Å². The summed E-state index contributed by atoms with van der Waals surface area (Å²) in [7, 11) is 0. The highest BCUT2D eigenvalue weighted by Gasteiger charge is 2.09. The zero-order chi connectivity index (χ0) is 12.7. The molecule has 0 aromatic heterocycles. The molecular formula is C15H12N2O. The van der Waals surface area contributed by atoms with E-state index in [1.54, 1.807) is 6.07 Å². The molecule has 0 saturated carbocycles. The highest BCUT2D eigenvalue weighted by atomic mass is 16.1. The zero-order valence-corrected chi connectivity index (χ0v) is 9.68. The number of rotatable bonds is 1. The van der Waals surface area contributed by atoms with E-state index >= 15 is 0 Å². The van der Waals surface area contributed by atoms with E-state index in [1.165, 1.54) is 0 Å². The topological polar surface area (TPSA) is 69.1 Å². The van der Waals surface area contributed by atoms with Crippen molar-refractivity contribution >= 4 is 33.1 Å². The van der Waals surface area contributed by atoms with Crippen LogP contribution in [0.15, 0.2) is 48.5 Å². The van der Waals surface area contributed by atoms with Gasteiger partial charge >= 0.3 is 0 Å². The number of carbonyl (C=O) groups is 1. The van der Waals surface area contributed by atoms with Gasteiger partial charge in [0.15, 0.2) is 0 Å². The smallest absolute Gasteiger partial charge is 0.249 e. The van der Waals surface area contributed by atoms with Gasteiger partial charge in [0, 0.05) is 11.3 Å². The van der Waals surface area contributed by atoms with Gasteiger partial charge in [-0.1, -0.05) is 24.3 Å². The maximum absolute atomic E-state index is 11.5. The van der Waals surface area contributed by atoms with Gasteiger partial charge in [0.2, 0.25) is 5.91 Å². The van der Waals surface area contributed by atoms with Crippen molar-refractivity contribution in [3.63, 3.8) is 0 Å². The third kappa shape index (κ3) is 1.57. The highest BCUT2D eigenvalue weighted by molar-refractivity contribution is 6.11. The third-order valence-electron chi connectivity index (χ3n) is 3.11. The van der Waals surface area contributed by atoms with Crippen LogP contribution in [0.1, 0.15) is 10.4 Å². The molecule has 0 atom stereocenters. The number of carbonyl (C=O) groups excluding carboxylic acids is 1. The summed E-state index contributed by atoms with van der Waals surface area (Å²) < 4.78 is 0. The maximum atomic E-state index is 11.5. The SMILES string of the molecule is NC(=O)c1cc(N)cc2cc3ccccc3cc12. The number of nitrogens with two attached hydrogens (primary N) is 2. The Morgan fingerprint density at radius 3 is 2.22 bits per heavy atom. The Morgan fingerprint density at radius 2 is 1.56 bits per heavy atom. The molecule has 0 aliphatic carbocycles. The van der Waals surface area contributed by atoms with Crippen LogP contribution < -0.4 is 11.5 Å². The highest BCUT2D eigenvalue weighted by Crippen LogP contribution is 2.27. The molecule has 0 heterocycles. The molecule has 0 fully saturated rings. The molecule has 1 amide bonds. The van der Waals surface area contributed by atoms with Gasteiger partial charge in [-0.05, 0) is 45.8 Å². The average molecular weight is 236 g/mol. The molecule has 3 heteroatoms. The molecule has 0 spiro atoms. The molecule has 88 valence electrons. The van der Waals surface area contributed by atoms with Crippen molar-refractivity contribution in [2.24, 2.45) is 5.73 Å². The monoisotopic (exact) mass is 236 g/mol. The molecule has 0 bridgehead atoms. The first kappa shape index (κ1) is 10.6. The van der Waals surface area contributed by atoms with Crippen molar-refractivity contribution in [3.8, 4) is 0 Å². The summed E-state index contributed by atoms with van der Waals surface area (Å²) in [5.41, 5.74) is 12.2. The van der Waals surface area contributed by atoms with Crippen LogP contribution >= 0.6 is 0 Å². The number of benzene rings is 3. The Bertz CT molecular complexity index is 778. The minimum absolute atomic E-state index is 0.456. The van der Waals surface area contributed by atoms with Gasteiger partial charge in [-0.25, -0.2) is 0 Å². The second-order valence-corrected chi connectivity index (χ2v) is 4.35. The van der Waals surface area contributed by atoms with Crippen LogP contribution in [0.25, 0.3) is 21.5 Å². The molecule has 18 heavy (non-hydrogen) atoms. The van der Waals surface area contributed by atoms with Crippen molar-refractivity contribution in [1.82, 2.24) is 0 Å². The number of hydrogen-bond donors (Lipinski definition) is 2. The Hall–Kier alpha value is -2.55. The maximum Gasteiger partial charge on any atom is 0.249 e. The molecule has 0 aliphatic rings. The number of primary amides is 1. The van der Waals surface area contributed by atoms with E-state index in [2.05, 4.69) is 0 Å². The standard InChI is InChI=1S/C15H12N2O/c16-12-6-11-5-9-3-1-2-4-10(9)7-13(11)14(8-12)15(17)18/h1-8H,16H2,(H2,17,18). The molecule has 0 unspecified atom stereocenters. The lowest BCUT2D eigenvalue weighted by atomic mass is 9.99. The van der Waals surface area contributed by atoms with E-state index in [0.717, 1.165) is 21.5 Å². The zero-order valence-electron chi connectivity index (χ0n) is 9.68. The van der Waals surface area contributed by atoms with E-state index in [0.29, 0.717) is 11.3 Å². The van der Waals surface area contributed by atoms with Crippen molar-refractivity contribution in [3.05, 3.63) is 54.1 Å². The Kier molecular flexibility index (Phi) is 2.20. The van der Waals surface area contributed by atoms with E-state index in [4.69, 9.17) is 11.5 Å². The lowest BCUT2D eigenvalue weighted by molar-refractivity contribution is 0.100. The van der Waals surface area contributed by atoms with Crippen LogP contribution in [-0.2, 0) is 0 Å². The molecule has 4 N–H and O–H groups in total. The van der Waals surface area contributed by atoms with Gasteiger partial charge in [0.1, 0.15) is 0 Å². The Balaban J connectivity index is 2.49. The van der Waals surface area contributed by atoms with Crippen LogP contribution in [0.3, 0.4) is 0 Å². The lowest BCUT2D eigenvalue weighted by Crippen LogP contribution is -2.12. The fourth-order valence-corrected chi connectivity index (χ4v) is 2.28. The largest absolute Gasteiger partial charge is 0.399 e. The third-order valence-corrected chi connectivity index (χ3v) is 3.11. The minimum Gasteiger partial charge on any atom is -0.399 e. The lowest BCUT2D eigenvalue weighted by Gasteiger charge is -2.07.